The molecular weight excluding hydrogens is 455 g/mol. The van der Waals surface area contributed by atoms with Gasteiger partial charge in [0, 0.05) is 27.2 Å². The second-order valence-electron chi connectivity index (χ2n) is 8.13. The summed E-state index contributed by atoms with van der Waals surface area (Å²) in [5.74, 6) is 2.78. The molecule has 0 spiro atoms. The number of guanidine groups is 1. The lowest BCUT2D eigenvalue weighted by Gasteiger charge is -2.30. The number of aryl methyl sites for hydroxylation is 1. The molecule has 0 saturated carbocycles. The maximum Gasteiger partial charge on any atom is 0.191 e. The van der Waals surface area contributed by atoms with Gasteiger partial charge in [-0.05, 0) is 50.4 Å². The summed E-state index contributed by atoms with van der Waals surface area (Å²) in [5.41, 5.74) is 0.0738. The van der Waals surface area contributed by atoms with E-state index in [4.69, 9.17) is 9.15 Å². The molecule has 1 aliphatic heterocycles. The molecule has 2 rings (SSSR count). The van der Waals surface area contributed by atoms with Crippen LogP contribution in [0.1, 0.15) is 51.2 Å². The minimum atomic E-state index is 0. The summed E-state index contributed by atoms with van der Waals surface area (Å²) in [5, 5.41) is 6.86. The fourth-order valence-electron chi connectivity index (χ4n) is 3.44. The van der Waals surface area contributed by atoms with Crippen LogP contribution in [0.25, 0.3) is 0 Å². The van der Waals surface area contributed by atoms with E-state index in [1.807, 2.05) is 13.0 Å². The van der Waals surface area contributed by atoms with Gasteiger partial charge in [-0.3, -0.25) is 9.89 Å². The van der Waals surface area contributed by atoms with Crippen molar-refractivity contribution in [2.75, 3.05) is 40.3 Å². The minimum Gasteiger partial charge on any atom is -0.465 e. The summed E-state index contributed by atoms with van der Waals surface area (Å²) in [7, 11) is 3.56. The molecule has 1 aromatic rings. The van der Waals surface area contributed by atoms with Crippen LogP contribution in [0.15, 0.2) is 21.5 Å². The third-order valence-corrected chi connectivity index (χ3v) is 5.06. The molecule has 1 fully saturated rings. The highest BCUT2D eigenvalue weighted by atomic mass is 127. The fraction of sp³-hybridized carbons (Fsp3) is 0.750. The van der Waals surface area contributed by atoms with Crippen molar-refractivity contribution in [3.63, 3.8) is 0 Å². The predicted molar refractivity (Wildman–Crippen MR) is 122 cm³/mol. The highest BCUT2D eigenvalue weighted by Crippen LogP contribution is 2.26. The molecule has 7 heteroatoms. The average molecular weight is 492 g/mol. The molecule has 0 aromatic carbocycles. The fourth-order valence-corrected chi connectivity index (χ4v) is 3.44. The van der Waals surface area contributed by atoms with Gasteiger partial charge in [0.1, 0.15) is 11.5 Å². The van der Waals surface area contributed by atoms with E-state index in [1.165, 1.54) is 12.8 Å². The van der Waals surface area contributed by atoms with Gasteiger partial charge in [-0.25, -0.2) is 0 Å². The van der Waals surface area contributed by atoms with Crippen LogP contribution < -0.4 is 10.6 Å². The van der Waals surface area contributed by atoms with Crippen LogP contribution in [0.3, 0.4) is 0 Å². The second-order valence-corrected chi connectivity index (χ2v) is 8.13. The van der Waals surface area contributed by atoms with Gasteiger partial charge < -0.3 is 19.8 Å². The standard InChI is InChI=1S/C20H36N4O2.HI/c1-15-9-10-17(26-15)16(24-11-7-8-12-24)13-22-19(21-5)23-14-18(25-6)20(2,3)4;/h9-10,16,18H,7-8,11-14H2,1-6H3,(H2,21,22,23);1H. The van der Waals surface area contributed by atoms with Gasteiger partial charge in [0.25, 0.3) is 0 Å². The van der Waals surface area contributed by atoms with Crippen molar-refractivity contribution >= 4 is 29.9 Å². The zero-order chi connectivity index (χ0) is 19.2. The number of ether oxygens (including phenoxy) is 1. The zero-order valence-electron chi connectivity index (χ0n) is 17.7. The summed E-state index contributed by atoms with van der Waals surface area (Å²) < 4.78 is 11.5. The molecule has 2 N–H and O–H groups in total. The first-order valence-electron chi connectivity index (χ1n) is 9.63. The largest absolute Gasteiger partial charge is 0.465 e. The Hall–Kier alpha value is -0.800. The van der Waals surface area contributed by atoms with Crippen molar-refractivity contribution < 1.29 is 9.15 Å². The van der Waals surface area contributed by atoms with Crippen LogP contribution in [-0.4, -0.2) is 57.3 Å². The zero-order valence-corrected chi connectivity index (χ0v) is 20.0. The molecule has 2 unspecified atom stereocenters. The number of nitrogens with zero attached hydrogens (tertiary/aromatic N) is 2. The van der Waals surface area contributed by atoms with Gasteiger partial charge in [0.15, 0.2) is 5.96 Å². The van der Waals surface area contributed by atoms with Crippen molar-refractivity contribution in [2.45, 2.75) is 52.7 Å². The van der Waals surface area contributed by atoms with Crippen LogP contribution >= 0.6 is 24.0 Å². The molecule has 2 heterocycles. The Morgan fingerprint density at radius 1 is 1.22 bits per heavy atom. The summed E-state index contributed by atoms with van der Waals surface area (Å²) in [6, 6.07) is 4.36. The third-order valence-electron chi connectivity index (χ3n) is 5.06. The van der Waals surface area contributed by atoms with E-state index in [9.17, 15) is 0 Å². The van der Waals surface area contributed by atoms with Gasteiger partial charge in [-0.1, -0.05) is 20.8 Å². The van der Waals surface area contributed by atoms with Crippen LogP contribution in [0.5, 0.6) is 0 Å². The Kier molecular flexibility index (Phi) is 10.1. The van der Waals surface area contributed by atoms with Crippen LogP contribution in [-0.2, 0) is 4.74 Å². The molecule has 1 aliphatic rings. The minimum absolute atomic E-state index is 0. The first-order valence-corrected chi connectivity index (χ1v) is 9.63. The second kappa shape index (κ2) is 11.3. The molecule has 1 aromatic heterocycles. The number of rotatable bonds is 7. The Morgan fingerprint density at radius 3 is 2.33 bits per heavy atom. The van der Waals surface area contributed by atoms with Crippen molar-refractivity contribution in [3.8, 4) is 0 Å². The lowest BCUT2D eigenvalue weighted by atomic mass is 9.89. The van der Waals surface area contributed by atoms with Crippen molar-refractivity contribution in [1.29, 1.82) is 0 Å². The number of furan rings is 1. The van der Waals surface area contributed by atoms with Gasteiger partial charge >= 0.3 is 0 Å². The number of hydrogen-bond donors (Lipinski definition) is 2. The van der Waals surface area contributed by atoms with E-state index in [-0.39, 0.29) is 41.5 Å². The van der Waals surface area contributed by atoms with Crippen LogP contribution in [0.2, 0.25) is 0 Å². The van der Waals surface area contributed by atoms with Crippen molar-refractivity contribution in [2.24, 2.45) is 10.4 Å². The molecule has 0 bridgehead atoms. The van der Waals surface area contributed by atoms with E-state index < -0.39 is 0 Å². The summed E-state index contributed by atoms with van der Waals surface area (Å²) in [6.45, 7) is 12.3. The molecule has 0 radical (unpaired) electrons. The average Bonchev–Trinajstić information content (AvgIpc) is 3.24. The summed E-state index contributed by atoms with van der Waals surface area (Å²) >= 11 is 0. The molecule has 156 valence electrons. The Labute approximate surface area is 181 Å². The smallest absolute Gasteiger partial charge is 0.191 e. The van der Waals surface area contributed by atoms with E-state index in [0.717, 1.165) is 37.1 Å². The van der Waals surface area contributed by atoms with E-state index in [1.54, 1.807) is 14.2 Å². The Morgan fingerprint density at radius 2 is 1.85 bits per heavy atom. The molecule has 1 saturated heterocycles. The number of nitrogens with one attached hydrogen (secondary N) is 2. The van der Waals surface area contributed by atoms with Crippen molar-refractivity contribution in [3.05, 3.63) is 23.7 Å². The lowest BCUT2D eigenvalue weighted by Crippen LogP contribution is -2.47. The van der Waals surface area contributed by atoms with Crippen LogP contribution in [0.4, 0.5) is 0 Å². The highest BCUT2D eigenvalue weighted by Gasteiger charge is 2.27. The number of aliphatic imine (C=N–C) groups is 1. The number of methoxy groups -OCH3 is 1. The molecular formula is C20H37IN4O2. The highest BCUT2D eigenvalue weighted by molar-refractivity contribution is 14.0. The van der Waals surface area contributed by atoms with Crippen LogP contribution in [0, 0.1) is 12.3 Å². The first kappa shape index (κ1) is 24.2. The van der Waals surface area contributed by atoms with E-state index in [0.29, 0.717) is 6.54 Å². The topological polar surface area (TPSA) is 62.0 Å². The molecule has 6 nitrogen and oxygen atoms in total. The van der Waals surface area contributed by atoms with Gasteiger partial charge in [0.05, 0.1) is 12.1 Å². The van der Waals surface area contributed by atoms with Gasteiger partial charge in [-0.2, -0.15) is 0 Å². The monoisotopic (exact) mass is 492 g/mol. The quantitative estimate of drug-likeness (QED) is 0.346. The van der Waals surface area contributed by atoms with E-state index in [2.05, 4.69) is 47.4 Å². The van der Waals surface area contributed by atoms with E-state index >= 15 is 0 Å². The van der Waals surface area contributed by atoms with Gasteiger partial charge in [-0.15, -0.1) is 24.0 Å². The number of hydrogen-bond acceptors (Lipinski definition) is 4. The summed E-state index contributed by atoms with van der Waals surface area (Å²) in [6.07, 6.45) is 2.62. The lowest BCUT2D eigenvalue weighted by molar-refractivity contribution is 0.0205. The normalized spacial score (nSPS) is 18.1. The molecule has 0 aliphatic carbocycles. The molecule has 0 amide bonds. The Bertz CT molecular complexity index is 577. The molecule has 2 atom stereocenters. The predicted octanol–water partition coefficient (Wildman–Crippen LogP) is 3.57. The SMILES string of the molecule is CN=C(NCC(c1ccc(C)o1)N1CCCC1)NCC(OC)C(C)(C)C.I. The number of likely N-dealkylation sites (tertiary alicyclic amines) is 1. The Balaban J connectivity index is 0.00000364. The summed E-state index contributed by atoms with van der Waals surface area (Å²) in [4.78, 5) is 6.86. The maximum atomic E-state index is 5.92. The third kappa shape index (κ3) is 7.27. The molecule has 27 heavy (non-hydrogen) atoms. The number of halogens is 1. The van der Waals surface area contributed by atoms with Gasteiger partial charge in [0.2, 0.25) is 0 Å². The maximum absolute atomic E-state index is 5.92. The first-order chi connectivity index (χ1) is 12.3. The van der Waals surface area contributed by atoms with Crippen molar-refractivity contribution in [1.82, 2.24) is 15.5 Å².